The molecular weight excluding hydrogens is 152 g/mol. The molecule has 0 aliphatic carbocycles. The van der Waals surface area contributed by atoms with E-state index >= 15 is 0 Å². The Balaban J connectivity index is 0. The molecule has 1 rings (SSSR count). The molecule has 1 saturated heterocycles. The van der Waals surface area contributed by atoms with E-state index in [9.17, 15) is 0 Å². The van der Waals surface area contributed by atoms with Crippen LogP contribution in [0.4, 0.5) is 0 Å². The minimum Gasteiger partial charge on any atom is -0.412 e. The SMILES string of the molecule is CC1CCCN(C)C1(C)C.N.O. The maximum absolute atomic E-state index is 2.47. The van der Waals surface area contributed by atoms with E-state index in [2.05, 4.69) is 32.7 Å². The lowest BCUT2D eigenvalue weighted by Crippen LogP contribution is -2.49. The van der Waals surface area contributed by atoms with Crippen LogP contribution in [0.25, 0.3) is 0 Å². The summed E-state index contributed by atoms with van der Waals surface area (Å²) in [5.41, 5.74) is 0.429. The lowest BCUT2D eigenvalue weighted by Gasteiger charge is -2.44. The summed E-state index contributed by atoms with van der Waals surface area (Å²) in [5.74, 6) is 0.853. The first-order chi connectivity index (χ1) is 4.55. The molecule has 0 amide bonds. The molecule has 0 aromatic rings. The Morgan fingerprint density at radius 3 is 2.17 bits per heavy atom. The molecule has 1 atom stereocenters. The monoisotopic (exact) mass is 176 g/mol. The summed E-state index contributed by atoms with van der Waals surface area (Å²) in [6.07, 6.45) is 2.78. The van der Waals surface area contributed by atoms with Gasteiger partial charge < -0.3 is 16.5 Å². The zero-order valence-corrected chi connectivity index (χ0v) is 8.85. The third-order valence-corrected chi connectivity index (χ3v) is 3.32. The van der Waals surface area contributed by atoms with Gasteiger partial charge in [0.1, 0.15) is 0 Å². The van der Waals surface area contributed by atoms with Gasteiger partial charge >= 0.3 is 0 Å². The van der Waals surface area contributed by atoms with Crippen LogP contribution in [0.1, 0.15) is 33.6 Å². The molecule has 0 spiro atoms. The van der Waals surface area contributed by atoms with Crippen molar-refractivity contribution in [2.24, 2.45) is 5.92 Å². The summed E-state index contributed by atoms with van der Waals surface area (Å²) >= 11 is 0. The molecule has 1 unspecified atom stereocenters. The molecule has 1 heterocycles. The average molecular weight is 176 g/mol. The normalized spacial score (nSPS) is 28.5. The van der Waals surface area contributed by atoms with Gasteiger partial charge in [-0.15, -0.1) is 0 Å². The van der Waals surface area contributed by atoms with Crippen LogP contribution < -0.4 is 6.15 Å². The molecule has 0 aromatic heterocycles. The van der Waals surface area contributed by atoms with Gasteiger partial charge in [-0.3, -0.25) is 0 Å². The fourth-order valence-electron chi connectivity index (χ4n) is 1.65. The van der Waals surface area contributed by atoms with E-state index in [1.807, 2.05) is 0 Å². The van der Waals surface area contributed by atoms with Gasteiger partial charge in [-0.25, -0.2) is 0 Å². The van der Waals surface area contributed by atoms with Crippen LogP contribution in [0.5, 0.6) is 0 Å². The first-order valence-corrected chi connectivity index (χ1v) is 4.26. The van der Waals surface area contributed by atoms with Crippen molar-refractivity contribution in [1.82, 2.24) is 11.1 Å². The Morgan fingerprint density at radius 2 is 1.83 bits per heavy atom. The van der Waals surface area contributed by atoms with E-state index in [-0.39, 0.29) is 11.6 Å². The van der Waals surface area contributed by atoms with E-state index < -0.39 is 0 Å². The first kappa shape index (κ1) is 14.4. The highest BCUT2D eigenvalue weighted by atomic mass is 16.0. The highest BCUT2D eigenvalue weighted by molar-refractivity contribution is 4.88. The van der Waals surface area contributed by atoms with Crippen molar-refractivity contribution < 1.29 is 5.48 Å². The van der Waals surface area contributed by atoms with Gasteiger partial charge in [-0.05, 0) is 46.2 Å². The molecular formula is C9H24N2O. The summed E-state index contributed by atoms with van der Waals surface area (Å²) < 4.78 is 0. The highest BCUT2D eigenvalue weighted by Crippen LogP contribution is 2.30. The van der Waals surface area contributed by atoms with Crippen molar-refractivity contribution in [3.8, 4) is 0 Å². The highest BCUT2D eigenvalue weighted by Gasteiger charge is 2.32. The number of hydrogen-bond acceptors (Lipinski definition) is 2. The van der Waals surface area contributed by atoms with Gasteiger partial charge in [0, 0.05) is 5.54 Å². The second-order valence-corrected chi connectivity index (χ2v) is 4.12. The van der Waals surface area contributed by atoms with E-state index in [1.165, 1.54) is 19.4 Å². The minimum atomic E-state index is 0. The van der Waals surface area contributed by atoms with Crippen LogP contribution in [0.3, 0.4) is 0 Å². The summed E-state index contributed by atoms with van der Waals surface area (Å²) in [6, 6.07) is 0. The summed E-state index contributed by atoms with van der Waals surface area (Å²) in [7, 11) is 2.23. The van der Waals surface area contributed by atoms with Crippen LogP contribution in [0.2, 0.25) is 0 Å². The summed E-state index contributed by atoms with van der Waals surface area (Å²) in [5, 5.41) is 0. The van der Waals surface area contributed by atoms with Crippen LogP contribution in [0, 0.1) is 5.92 Å². The van der Waals surface area contributed by atoms with Crippen molar-refractivity contribution in [1.29, 1.82) is 0 Å². The van der Waals surface area contributed by atoms with Crippen LogP contribution in [-0.2, 0) is 0 Å². The molecule has 0 aromatic carbocycles. The smallest absolute Gasteiger partial charge is 0.0175 e. The Hall–Kier alpha value is -0.120. The Kier molecular flexibility index (Phi) is 5.76. The molecule has 76 valence electrons. The molecule has 12 heavy (non-hydrogen) atoms. The van der Waals surface area contributed by atoms with Crippen LogP contribution >= 0.6 is 0 Å². The lowest BCUT2D eigenvalue weighted by molar-refractivity contribution is 0.0547. The minimum absolute atomic E-state index is 0. The maximum atomic E-state index is 2.47. The number of hydrogen-bond donors (Lipinski definition) is 1. The maximum Gasteiger partial charge on any atom is 0.0175 e. The summed E-state index contributed by atoms with van der Waals surface area (Å²) in [6.45, 7) is 8.32. The van der Waals surface area contributed by atoms with Crippen molar-refractivity contribution in [3.05, 3.63) is 0 Å². The molecule has 1 aliphatic heterocycles. The van der Waals surface area contributed by atoms with E-state index in [0.717, 1.165) is 5.92 Å². The van der Waals surface area contributed by atoms with Gasteiger partial charge in [-0.2, -0.15) is 0 Å². The largest absolute Gasteiger partial charge is 0.412 e. The van der Waals surface area contributed by atoms with Gasteiger partial charge in [0.25, 0.3) is 0 Å². The van der Waals surface area contributed by atoms with Gasteiger partial charge in [0.05, 0.1) is 0 Å². The molecule has 0 bridgehead atoms. The first-order valence-electron chi connectivity index (χ1n) is 4.26. The molecule has 0 saturated carbocycles. The fourth-order valence-corrected chi connectivity index (χ4v) is 1.65. The molecule has 1 aliphatic rings. The predicted molar refractivity (Wildman–Crippen MR) is 53.7 cm³/mol. The van der Waals surface area contributed by atoms with E-state index in [4.69, 9.17) is 0 Å². The number of likely N-dealkylation sites (tertiary alicyclic amines) is 1. The second kappa shape index (κ2) is 4.80. The lowest BCUT2D eigenvalue weighted by atomic mass is 9.81. The van der Waals surface area contributed by atoms with E-state index in [1.54, 1.807) is 0 Å². The van der Waals surface area contributed by atoms with Crippen molar-refractivity contribution in [3.63, 3.8) is 0 Å². The van der Waals surface area contributed by atoms with E-state index in [0.29, 0.717) is 5.54 Å². The topological polar surface area (TPSA) is 69.7 Å². The third-order valence-electron chi connectivity index (χ3n) is 3.32. The van der Waals surface area contributed by atoms with Crippen LogP contribution in [0.15, 0.2) is 0 Å². The second-order valence-electron chi connectivity index (χ2n) is 4.12. The third kappa shape index (κ3) is 2.44. The van der Waals surface area contributed by atoms with Crippen molar-refractivity contribution in [2.45, 2.75) is 39.2 Å². The number of piperidine rings is 1. The Bertz CT molecular complexity index is 114. The Morgan fingerprint density at radius 1 is 1.33 bits per heavy atom. The zero-order valence-electron chi connectivity index (χ0n) is 8.85. The standard InChI is InChI=1S/C9H19N.H3N.H2O/c1-8-6-5-7-10(4)9(8,2)3;;/h8H,5-7H2,1-4H3;1H3;1H2. The predicted octanol–water partition coefficient (Wildman–Crippen LogP) is 1.46. The molecule has 0 radical (unpaired) electrons. The van der Waals surface area contributed by atoms with Gasteiger partial charge in [0.2, 0.25) is 0 Å². The molecule has 1 fully saturated rings. The molecule has 3 heteroatoms. The number of nitrogens with zero attached hydrogens (tertiary/aromatic N) is 1. The number of rotatable bonds is 0. The summed E-state index contributed by atoms with van der Waals surface area (Å²) in [4.78, 5) is 2.47. The molecule has 3 nitrogen and oxygen atoms in total. The Labute approximate surface area is 76.0 Å². The average Bonchev–Trinajstić information content (AvgIpc) is 1.84. The van der Waals surface area contributed by atoms with Gasteiger partial charge in [-0.1, -0.05) is 6.92 Å². The fraction of sp³-hybridized carbons (Fsp3) is 1.00. The zero-order chi connectivity index (χ0) is 7.78. The van der Waals surface area contributed by atoms with Gasteiger partial charge in [0.15, 0.2) is 0 Å². The quantitative estimate of drug-likeness (QED) is 0.607. The molecule has 5 N–H and O–H groups in total. The van der Waals surface area contributed by atoms with Crippen molar-refractivity contribution in [2.75, 3.05) is 13.6 Å². The van der Waals surface area contributed by atoms with Crippen molar-refractivity contribution >= 4 is 0 Å². The van der Waals surface area contributed by atoms with Crippen LogP contribution in [-0.4, -0.2) is 29.5 Å².